The number of likely N-dealkylation sites (N-methyl/N-ethyl adjacent to an activating group) is 1. The van der Waals surface area contributed by atoms with Crippen molar-refractivity contribution in [2.45, 2.75) is 82.1 Å². The first-order valence-electron chi connectivity index (χ1n) is 15.7. The molecule has 18 heteroatoms. The van der Waals surface area contributed by atoms with Crippen LogP contribution in [0, 0.1) is 0 Å². The molecule has 2 saturated heterocycles. The number of hydrogen-bond acceptors (Lipinski definition) is 9. The molecule has 4 rings (SSSR count). The van der Waals surface area contributed by atoms with E-state index in [9.17, 15) is 37.8 Å². The highest BCUT2D eigenvalue weighted by Crippen LogP contribution is 2.40. The zero-order valence-corrected chi connectivity index (χ0v) is 29.5. The number of allylic oxidation sites excluding steroid dienone is 1. The molecule has 0 radical (unpaired) electrons. The Labute approximate surface area is 297 Å². The third kappa shape index (κ3) is 10.5. The van der Waals surface area contributed by atoms with Gasteiger partial charge in [0, 0.05) is 57.2 Å². The molecular weight excluding hydrogens is 710 g/mol. The molecule has 50 heavy (non-hydrogen) atoms. The van der Waals surface area contributed by atoms with Crippen LogP contribution >= 0.6 is 23.2 Å². The number of hydrogen-bond donors (Lipinski definition) is 6. The van der Waals surface area contributed by atoms with Crippen LogP contribution in [0.5, 0.6) is 0 Å². The van der Waals surface area contributed by atoms with E-state index in [1.807, 2.05) is 29.2 Å². The van der Waals surface area contributed by atoms with Crippen LogP contribution in [-0.4, -0.2) is 118 Å². The SMILES string of the molecule is CNC(=O)C1(NC(C)=O)CC(Cl)=C(OC(C)(C)C(=O)O)C=C1N1C[C@@H](O)[C@H](NC2CCN(Cc3ccc(Cl)cc3)CC2)C1.O=C(O)C(F)(F)F. The summed E-state index contributed by atoms with van der Waals surface area (Å²) in [5, 5.41) is 37.7. The Balaban J connectivity index is 0.000000872. The van der Waals surface area contributed by atoms with Crippen molar-refractivity contribution in [2.75, 3.05) is 33.2 Å². The minimum absolute atomic E-state index is 0.0907. The molecular formula is C32H42Cl2F3N5O8. The molecule has 2 heterocycles. The number of nitrogens with one attached hydrogen (secondary N) is 3. The monoisotopic (exact) mass is 751 g/mol. The lowest BCUT2D eigenvalue weighted by molar-refractivity contribution is -0.192. The highest BCUT2D eigenvalue weighted by molar-refractivity contribution is 6.31. The van der Waals surface area contributed by atoms with Crippen LogP contribution in [0.25, 0.3) is 0 Å². The molecule has 1 aromatic carbocycles. The van der Waals surface area contributed by atoms with Crippen LogP contribution in [0.15, 0.2) is 46.8 Å². The summed E-state index contributed by atoms with van der Waals surface area (Å²) in [7, 11) is 1.46. The number of carbonyl (C=O) groups is 4. The summed E-state index contributed by atoms with van der Waals surface area (Å²) in [6, 6.07) is 7.78. The standard InChI is InChI=1S/C30H41Cl2N5O6.C2HF3O2/c1-18(38)35-30(27(40)33-4)14-22(32)25(43-29(2,3)28(41)42)13-26(30)37-16-23(24(39)17-37)34-21-9-11-36(12-10-21)15-19-5-7-20(31)8-6-19;3-2(4,5)1(6)7/h5-8,13,21,23-24,34,39H,9-12,14-17H2,1-4H3,(H,33,40)(H,35,38)(H,41,42);(H,6,7)/t23-,24-,30?;/m1./s1. The van der Waals surface area contributed by atoms with Gasteiger partial charge in [0.25, 0.3) is 5.91 Å². The molecule has 0 bridgehead atoms. The van der Waals surface area contributed by atoms with Crippen molar-refractivity contribution >= 4 is 47.0 Å². The number of halogens is 5. The van der Waals surface area contributed by atoms with E-state index in [1.54, 1.807) is 0 Å². The number of β-amino-alcohol motifs (C(OH)–C–C–N with tert-alkyl or cyclic N) is 1. The van der Waals surface area contributed by atoms with Gasteiger partial charge < -0.3 is 40.9 Å². The summed E-state index contributed by atoms with van der Waals surface area (Å²) in [5.74, 6) is -4.80. The predicted octanol–water partition coefficient (Wildman–Crippen LogP) is 2.81. The minimum atomic E-state index is -5.08. The van der Waals surface area contributed by atoms with Gasteiger partial charge in [-0.3, -0.25) is 14.5 Å². The molecule has 1 unspecified atom stereocenters. The number of aliphatic hydroxyl groups excluding tert-OH is 1. The number of likely N-dealkylation sites (tertiary alicyclic amines) is 2. The fraction of sp³-hybridized carbons (Fsp3) is 0.562. The molecule has 2 fully saturated rings. The van der Waals surface area contributed by atoms with Crippen molar-refractivity contribution in [3.8, 4) is 0 Å². The number of nitrogens with zero attached hydrogens (tertiary/aromatic N) is 2. The molecule has 6 N–H and O–H groups in total. The molecule has 2 aliphatic heterocycles. The summed E-state index contributed by atoms with van der Waals surface area (Å²) in [5.41, 5.74) is -1.61. The number of rotatable bonds is 10. The fourth-order valence-corrected chi connectivity index (χ4v) is 6.35. The Morgan fingerprint density at radius 3 is 2.10 bits per heavy atom. The van der Waals surface area contributed by atoms with E-state index in [2.05, 4.69) is 20.9 Å². The smallest absolute Gasteiger partial charge is 0.478 e. The summed E-state index contributed by atoms with van der Waals surface area (Å²) < 4.78 is 37.5. The average Bonchev–Trinajstić information content (AvgIpc) is 3.38. The average molecular weight is 753 g/mol. The topological polar surface area (TPSA) is 181 Å². The van der Waals surface area contributed by atoms with Crippen molar-refractivity contribution in [3.05, 3.63) is 57.4 Å². The van der Waals surface area contributed by atoms with E-state index in [0.717, 1.165) is 37.5 Å². The lowest BCUT2D eigenvalue weighted by Gasteiger charge is -2.42. The van der Waals surface area contributed by atoms with Gasteiger partial charge in [0.1, 0.15) is 5.76 Å². The van der Waals surface area contributed by atoms with E-state index in [-0.39, 0.29) is 35.8 Å². The molecule has 13 nitrogen and oxygen atoms in total. The van der Waals surface area contributed by atoms with Gasteiger partial charge >= 0.3 is 18.1 Å². The van der Waals surface area contributed by atoms with Crippen LogP contribution in [0.2, 0.25) is 5.02 Å². The van der Waals surface area contributed by atoms with Gasteiger partial charge in [-0.15, -0.1) is 0 Å². The molecule has 3 atom stereocenters. The molecule has 1 aliphatic carbocycles. The normalized spacial score (nSPS) is 23.4. The number of amides is 2. The van der Waals surface area contributed by atoms with Crippen LogP contribution in [-0.2, 0) is 30.5 Å². The van der Waals surface area contributed by atoms with E-state index in [0.29, 0.717) is 12.2 Å². The summed E-state index contributed by atoms with van der Waals surface area (Å²) in [4.78, 5) is 50.7. The lowest BCUT2D eigenvalue weighted by Crippen LogP contribution is -2.62. The Hall–Kier alpha value is -3.57. The van der Waals surface area contributed by atoms with Crippen molar-refractivity contribution in [1.82, 2.24) is 25.8 Å². The Bertz CT molecular complexity index is 1480. The third-order valence-corrected chi connectivity index (χ3v) is 9.08. The van der Waals surface area contributed by atoms with Crippen LogP contribution < -0.4 is 16.0 Å². The number of alkyl halides is 3. The van der Waals surface area contributed by atoms with Crippen molar-refractivity contribution in [2.24, 2.45) is 0 Å². The lowest BCUT2D eigenvalue weighted by atomic mass is 9.84. The number of piperidine rings is 1. The van der Waals surface area contributed by atoms with Crippen molar-refractivity contribution in [1.29, 1.82) is 0 Å². The molecule has 0 saturated carbocycles. The second kappa shape index (κ2) is 16.6. The van der Waals surface area contributed by atoms with Crippen LogP contribution in [0.3, 0.4) is 0 Å². The zero-order valence-electron chi connectivity index (χ0n) is 27.9. The Kier molecular flexibility index (Phi) is 13.6. The van der Waals surface area contributed by atoms with Crippen molar-refractivity contribution < 1.29 is 52.4 Å². The van der Waals surface area contributed by atoms with Gasteiger partial charge in [0.05, 0.1) is 22.9 Å². The number of ether oxygens (including phenoxy) is 1. The van der Waals surface area contributed by atoms with Crippen LogP contribution in [0.1, 0.15) is 45.6 Å². The highest BCUT2D eigenvalue weighted by Gasteiger charge is 2.51. The van der Waals surface area contributed by atoms with Gasteiger partial charge in [-0.2, -0.15) is 13.2 Å². The van der Waals surface area contributed by atoms with Crippen LogP contribution in [0.4, 0.5) is 13.2 Å². The molecule has 2 amide bonds. The first-order valence-corrected chi connectivity index (χ1v) is 16.4. The van der Waals surface area contributed by atoms with E-state index in [1.165, 1.54) is 39.5 Å². The molecule has 0 spiro atoms. The van der Waals surface area contributed by atoms with E-state index < -0.39 is 47.2 Å². The summed E-state index contributed by atoms with van der Waals surface area (Å²) in [6.07, 6.45) is -2.66. The van der Waals surface area contributed by atoms with Gasteiger partial charge in [0.15, 0.2) is 11.1 Å². The summed E-state index contributed by atoms with van der Waals surface area (Å²) in [6.45, 7) is 7.30. The van der Waals surface area contributed by atoms with Crippen molar-refractivity contribution in [3.63, 3.8) is 0 Å². The van der Waals surface area contributed by atoms with E-state index in [4.69, 9.17) is 37.8 Å². The van der Waals surface area contributed by atoms with Gasteiger partial charge in [-0.05, 0) is 57.5 Å². The Morgan fingerprint density at radius 2 is 1.60 bits per heavy atom. The predicted molar refractivity (Wildman–Crippen MR) is 177 cm³/mol. The molecule has 278 valence electrons. The molecule has 1 aromatic rings. The number of carbonyl (C=O) groups excluding carboxylic acids is 2. The van der Waals surface area contributed by atoms with Gasteiger partial charge in [0.2, 0.25) is 5.91 Å². The number of benzene rings is 1. The zero-order chi connectivity index (χ0) is 37.6. The third-order valence-electron chi connectivity index (χ3n) is 8.51. The first-order chi connectivity index (χ1) is 23.2. The molecule has 3 aliphatic rings. The Morgan fingerprint density at radius 1 is 1.02 bits per heavy atom. The maximum Gasteiger partial charge on any atom is 0.490 e. The number of carboxylic acid groups (broad SMARTS) is 2. The molecule has 0 aromatic heterocycles. The summed E-state index contributed by atoms with van der Waals surface area (Å²) >= 11 is 12.6. The fourth-order valence-electron chi connectivity index (χ4n) is 5.93. The number of aliphatic hydroxyl groups is 1. The largest absolute Gasteiger partial charge is 0.490 e. The first kappa shape index (κ1) is 40.9. The second-order valence-corrected chi connectivity index (χ2v) is 13.7. The second-order valence-electron chi connectivity index (χ2n) is 12.8. The quantitative estimate of drug-likeness (QED) is 0.207. The minimum Gasteiger partial charge on any atom is -0.478 e. The highest BCUT2D eigenvalue weighted by atomic mass is 35.5. The van der Waals surface area contributed by atoms with Gasteiger partial charge in [-0.1, -0.05) is 35.3 Å². The number of carboxylic acids is 2. The maximum atomic E-state index is 13.4. The number of aliphatic carboxylic acids is 2. The van der Waals surface area contributed by atoms with E-state index >= 15 is 0 Å². The maximum absolute atomic E-state index is 13.4. The van der Waals surface area contributed by atoms with Gasteiger partial charge in [-0.25, -0.2) is 9.59 Å².